The molecule has 3 atom stereocenters. The van der Waals surface area contributed by atoms with E-state index in [1.807, 2.05) is 6.92 Å². The Morgan fingerprint density at radius 2 is 1.91 bits per heavy atom. The second-order valence-electron chi connectivity index (χ2n) is 5.87. The molecule has 1 fully saturated rings. The first-order chi connectivity index (χ1) is 10.3. The number of carbonyl (C=O) groups excluding carboxylic acids is 1. The maximum absolute atomic E-state index is 13.8. The molecule has 6 heteroatoms. The molecule has 0 aromatic heterocycles. The summed E-state index contributed by atoms with van der Waals surface area (Å²) in [6.07, 6.45) is 1.04. The van der Waals surface area contributed by atoms with E-state index in [9.17, 15) is 23.5 Å². The number of halogens is 2. The number of carboxylic acids is 1. The van der Waals surface area contributed by atoms with Crippen molar-refractivity contribution in [1.82, 2.24) is 4.90 Å². The van der Waals surface area contributed by atoms with Crippen molar-refractivity contribution in [3.8, 4) is 0 Å². The van der Waals surface area contributed by atoms with E-state index < -0.39 is 35.5 Å². The zero-order valence-corrected chi connectivity index (χ0v) is 12.6. The van der Waals surface area contributed by atoms with E-state index in [0.29, 0.717) is 12.8 Å². The van der Waals surface area contributed by atoms with Crippen LogP contribution in [-0.2, 0) is 9.59 Å². The van der Waals surface area contributed by atoms with Gasteiger partial charge in [-0.15, -0.1) is 0 Å². The molecular formula is C16H19F2NO3. The Morgan fingerprint density at radius 3 is 2.45 bits per heavy atom. The van der Waals surface area contributed by atoms with Gasteiger partial charge in [0.15, 0.2) is 0 Å². The van der Waals surface area contributed by atoms with Crippen LogP contribution < -0.4 is 0 Å². The monoisotopic (exact) mass is 311 g/mol. The molecule has 3 unspecified atom stereocenters. The van der Waals surface area contributed by atoms with Crippen LogP contribution >= 0.6 is 0 Å². The van der Waals surface area contributed by atoms with Crippen LogP contribution in [-0.4, -0.2) is 34.5 Å². The number of likely N-dealkylation sites (tertiary alicyclic amines) is 1. The molecule has 1 aromatic rings. The van der Waals surface area contributed by atoms with Crippen LogP contribution in [0.2, 0.25) is 0 Å². The Hall–Kier alpha value is -1.98. The molecule has 0 bridgehead atoms. The second-order valence-corrected chi connectivity index (χ2v) is 5.87. The molecule has 0 aliphatic carbocycles. The highest BCUT2D eigenvalue weighted by atomic mass is 19.1. The Bertz CT molecular complexity index is 571. The van der Waals surface area contributed by atoms with Crippen molar-refractivity contribution in [2.75, 3.05) is 6.54 Å². The summed E-state index contributed by atoms with van der Waals surface area (Å²) in [7, 11) is 0. The first kappa shape index (κ1) is 16.4. The molecular weight excluding hydrogens is 292 g/mol. The minimum atomic E-state index is -1.08. The lowest BCUT2D eigenvalue weighted by Crippen LogP contribution is -2.51. The highest BCUT2D eigenvalue weighted by Crippen LogP contribution is 2.29. The Kier molecular flexibility index (Phi) is 4.78. The van der Waals surface area contributed by atoms with E-state index in [2.05, 4.69) is 0 Å². The summed E-state index contributed by atoms with van der Waals surface area (Å²) in [5.74, 6) is -4.08. The number of rotatable bonds is 3. The van der Waals surface area contributed by atoms with Crippen molar-refractivity contribution in [2.45, 2.75) is 38.6 Å². The predicted molar refractivity (Wildman–Crippen MR) is 76.3 cm³/mol. The van der Waals surface area contributed by atoms with Crippen molar-refractivity contribution in [2.24, 2.45) is 5.92 Å². The highest BCUT2D eigenvalue weighted by Gasteiger charge is 2.37. The smallest absolute Gasteiger partial charge is 0.326 e. The lowest BCUT2D eigenvalue weighted by atomic mass is 9.90. The Morgan fingerprint density at radius 1 is 1.32 bits per heavy atom. The van der Waals surface area contributed by atoms with E-state index in [1.54, 1.807) is 0 Å². The molecule has 120 valence electrons. The van der Waals surface area contributed by atoms with Gasteiger partial charge in [-0.3, -0.25) is 4.79 Å². The van der Waals surface area contributed by atoms with Crippen LogP contribution in [0, 0.1) is 17.6 Å². The van der Waals surface area contributed by atoms with E-state index in [1.165, 1.54) is 17.9 Å². The van der Waals surface area contributed by atoms with Gasteiger partial charge >= 0.3 is 5.97 Å². The first-order valence-corrected chi connectivity index (χ1v) is 7.30. The lowest BCUT2D eigenvalue weighted by Gasteiger charge is -2.37. The van der Waals surface area contributed by atoms with Crippen molar-refractivity contribution >= 4 is 11.9 Å². The molecule has 1 amide bonds. The molecule has 1 aromatic carbocycles. The summed E-state index contributed by atoms with van der Waals surface area (Å²) < 4.78 is 27.6. The van der Waals surface area contributed by atoms with Crippen LogP contribution in [0.5, 0.6) is 0 Å². The fourth-order valence-electron chi connectivity index (χ4n) is 2.94. The van der Waals surface area contributed by atoms with Gasteiger partial charge in [-0.05, 0) is 37.8 Å². The summed E-state index contributed by atoms with van der Waals surface area (Å²) in [4.78, 5) is 25.2. The van der Waals surface area contributed by atoms with Crippen LogP contribution in [0.25, 0.3) is 0 Å². The van der Waals surface area contributed by atoms with Gasteiger partial charge in [0.2, 0.25) is 5.91 Å². The third-order valence-corrected chi connectivity index (χ3v) is 4.24. The zero-order valence-electron chi connectivity index (χ0n) is 12.6. The maximum Gasteiger partial charge on any atom is 0.326 e. The Labute approximate surface area is 127 Å². The molecule has 1 aliphatic heterocycles. The van der Waals surface area contributed by atoms with Gasteiger partial charge in [-0.25, -0.2) is 13.6 Å². The molecule has 22 heavy (non-hydrogen) atoms. The largest absolute Gasteiger partial charge is 0.480 e. The summed E-state index contributed by atoms with van der Waals surface area (Å²) in [6.45, 7) is 3.62. The van der Waals surface area contributed by atoms with E-state index >= 15 is 0 Å². The third kappa shape index (κ3) is 3.10. The van der Waals surface area contributed by atoms with Crippen LogP contribution in [0.3, 0.4) is 0 Å². The topological polar surface area (TPSA) is 57.6 Å². The van der Waals surface area contributed by atoms with Crippen molar-refractivity contribution < 1.29 is 23.5 Å². The molecule has 1 N–H and O–H groups in total. The molecule has 0 spiro atoms. The lowest BCUT2D eigenvalue weighted by molar-refractivity contribution is -0.153. The summed E-state index contributed by atoms with van der Waals surface area (Å²) in [5, 5.41) is 9.29. The van der Waals surface area contributed by atoms with Crippen LogP contribution in [0.1, 0.15) is 38.2 Å². The molecule has 0 saturated carbocycles. The van der Waals surface area contributed by atoms with Gasteiger partial charge < -0.3 is 10.0 Å². The van der Waals surface area contributed by atoms with Gasteiger partial charge in [0.1, 0.15) is 17.7 Å². The highest BCUT2D eigenvalue weighted by molar-refractivity contribution is 5.88. The van der Waals surface area contributed by atoms with Crippen molar-refractivity contribution in [3.05, 3.63) is 35.4 Å². The molecule has 4 nitrogen and oxygen atoms in total. The maximum atomic E-state index is 13.8. The van der Waals surface area contributed by atoms with Crippen LogP contribution in [0.15, 0.2) is 18.2 Å². The molecule has 1 heterocycles. The number of nitrogens with zero attached hydrogens (tertiary/aromatic N) is 1. The SMILES string of the molecule is CC1CCN(C(=O)C(C)c2c(F)cccc2F)C(C(=O)O)C1. The van der Waals surface area contributed by atoms with Gasteiger partial charge in [-0.1, -0.05) is 13.0 Å². The number of amides is 1. The predicted octanol–water partition coefficient (Wildman–Crippen LogP) is 2.78. The third-order valence-electron chi connectivity index (χ3n) is 4.24. The average Bonchev–Trinajstić information content (AvgIpc) is 2.46. The summed E-state index contributed by atoms with van der Waals surface area (Å²) >= 11 is 0. The number of hydrogen-bond acceptors (Lipinski definition) is 2. The van der Waals surface area contributed by atoms with Gasteiger partial charge in [-0.2, -0.15) is 0 Å². The molecule has 0 radical (unpaired) electrons. The number of aliphatic carboxylic acids is 1. The summed E-state index contributed by atoms with van der Waals surface area (Å²) in [6, 6.07) is 2.48. The normalized spacial score (nSPS) is 23.2. The number of benzene rings is 1. The fraction of sp³-hybridized carbons (Fsp3) is 0.500. The van der Waals surface area contributed by atoms with Crippen LogP contribution in [0.4, 0.5) is 8.78 Å². The van der Waals surface area contributed by atoms with Crippen molar-refractivity contribution in [1.29, 1.82) is 0 Å². The van der Waals surface area contributed by atoms with Gasteiger partial charge in [0, 0.05) is 12.1 Å². The number of carboxylic acid groups (broad SMARTS) is 1. The molecule has 1 aliphatic rings. The van der Waals surface area contributed by atoms with E-state index in [0.717, 1.165) is 12.1 Å². The average molecular weight is 311 g/mol. The summed E-state index contributed by atoms with van der Waals surface area (Å²) in [5.41, 5.74) is -0.310. The Balaban J connectivity index is 2.28. The van der Waals surface area contributed by atoms with Crippen molar-refractivity contribution in [3.63, 3.8) is 0 Å². The first-order valence-electron chi connectivity index (χ1n) is 7.30. The van der Waals surface area contributed by atoms with Gasteiger partial charge in [0.05, 0.1) is 5.92 Å². The number of piperidine rings is 1. The quantitative estimate of drug-likeness (QED) is 0.934. The standard InChI is InChI=1S/C16H19F2NO3/c1-9-6-7-19(13(8-9)16(21)22)15(20)10(2)14-11(17)4-3-5-12(14)18/h3-5,9-10,13H,6-8H2,1-2H3,(H,21,22). The minimum Gasteiger partial charge on any atom is -0.480 e. The van der Waals surface area contributed by atoms with E-state index in [-0.39, 0.29) is 18.0 Å². The molecule has 1 saturated heterocycles. The second kappa shape index (κ2) is 6.42. The van der Waals surface area contributed by atoms with Gasteiger partial charge in [0.25, 0.3) is 0 Å². The van der Waals surface area contributed by atoms with E-state index in [4.69, 9.17) is 0 Å². The minimum absolute atomic E-state index is 0.200. The number of hydrogen-bond donors (Lipinski definition) is 1. The fourth-order valence-corrected chi connectivity index (χ4v) is 2.94. The zero-order chi connectivity index (χ0) is 16.4. The number of carbonyl (C=O) groups is 2. The molecule has 2 rings (SSSR count).